The highest BCUT2D eigenvalue weighted by Gasteiger charge is 2.35. The number of hydrogen-bond acceptors (Lipinski definition) is 4. The molecule has 3 rings (SSSR count). The third-order valence-electron chi connectivity index (χ3n) is 3.79. The first-order valence-electron chi connectivity index (χ1n) is 7.92. The number of alkyl carbamates (subject to hydrolysis) is 1. The van der Waals surface area contributed by atoms with Crippen molar-refractivity contribution in [3.63, 3.8) is 0 Å². The van der Waals surface area contributed by atoms with Crippen LogP contribution in [-0.2, 0) is 20.8 Å². The van der Waals surface area contributed by atoms with E-state index < -0.39 is 17.9 Å². The Kier molecular flexibility index (Phi) is 5.13. The summed E-state index contributed by atoms with van der Waals surface area (Å²) < 4.78 is 16.7. The lowest BCUT2D eigenvalue weighted by atomic mass is 10.0. The smallest absolute Gasteiger partial charge is 0.408 e. The van der Waals surface area contributed by atoms with Gasteiger partial charge in [0.1, 0.15) is 6.61 Å². The van der Waals surface area contributed by atoms with Gasteiger partial charge in [0.2, 0.25) is 0 Å². The summed E-state index contributed by atoms with van der Waals surface area (Å²) in [5.41, 5.74) is 1.29. The topological polar surface area (TPSA) is 56.8 Å². The summed E-state index contributed by atoms with van der Waals surface area (Å²) in [5, 5.41) is 2.83. The maximum atomic E-state index is 12.0. The molecule has 2 aromatic carbocycles. The Bertz CT molecular complexity index is 652. The minimum absolute atomic E-state index is 0.233. The number of benzene rings is 2. The van der Waals surface area contributed by atoms with Gasteiger partial charge in [0.15, 0.2) is 6.29 Å². The van der Waals surface area contributed by atoms with Crippen molar-refractivity contribution in [2.75, 3.05) is 13.2 Å². The van der Waals surface area contributed by atoms with Crippen LogP contribution in [-0.4, -0.2) is 24.8 Å². The van der Waals surface area contributed by atoms with E-state index in [2.05, 4.69) is 5.32 Å². The zero-order valence-electron chi connectivity index (χ0n) is 13.6. The summed E-state index contributed by atoms with van der Waals surface area (Å²) in [7, 11) is 0. The zero-order valence-corrected chi connectivity index (χ0v) is 13.6. The summed E-state index contributed by atoms with van der Waals surface area (Å²) in [4.78, 5) is 12.0. The molecule has 1 N–H and O–H groups in total. The molecule has 126 valence electrons. The Morgan fingerprint density at radius 2 is 1.67 bits per heavy atom. The van der Waals surface area contributed by atoms with Gasteiger partial charge in [0.05, 0.1) is 18.8 Å². The first-order chi connectivity index (χ1) is 11.6. The van der Waals surface area contributed by atoms with E-state index in [0.29, 0.717) is 13.2 Å². The second kappa shape index (κ2) is 7.47. The van der Waals surface area contributed by atoms with Crippen LogP contribution < -0.4 is 5.32 Å². The van der Waals surface area contributed by atoms with Crippen LogP contribution in [0, 0.1) is 0 Å². The number of carbonyl (C=O) groups excluding carboxylic acids is 1. The molecule has 0 unspecified atom stereocenters. The third-order valence-corrected chi connectivity index (χ3v) is 3.79. The van der Waals surface area contributed by atoms with Crippen LogP contribution in [0.4, 0.5) is 4.79 Å². The molecule has 5 nitrogen and oxygen atoms in total. The fraction of sp³-hybridized carbons (Fsp3) is 0.316. The molecule has 1 aliphatic rings. The van der Waals surface area contributed by atoms with Gasteiger partial charge in [-0.25, -0.2) is 4.79 Å². The van der Waals surface area contributed by atoms with Gasteiger partial charge >= 0.3 is 6.09 Å². The molecule has 1 fully saturated rings. The molecule has 0 aliphatic carbocycles. The molecular weight excluding hydrogens is 306 g/mol. The average Bonchev–Trinajstić information content (AvgIpc) is 2.62. The van der Waals surface area contributed by atoms with E-state index in [4.69, 9.17) is 14.2 Å². The number of carbonyl (C=O) groups is 1. The van der Waals surface area contributed by atoms with Gasteiger partial charge in [-0.1, -0.05) is 60.7 Å². The molecular formula is C19H21NO4. The lowest BCUT2D eigenvalue weighted by Crippen LogP contribution is -2.55. The van der Waals surface area contributed by atoms with Crippen molar-refractivity contribution in [2.45, 2.75) is 25.4 Å². The van der Waals surface area contributed by atoms with Gasteiger partial charge in [-0.15, -0.1) is 0 Å². The molecule has 0 aromatic heterocycles. The third kappa shape index (κ3) is 4.34. The van der Waals surface area contributed by atoms with Crippen LogP contribution in [0.1, 0.15) is 24.3 Å². The number of ether oxygens (including phenoxy) is 3. The first-order valence-corrected chi connectivity index (χ1v) is 7.92. The van der Waals surface area contributed by atoms with Crippen molar-refractivity contribution in [3.05, 3.63) is 71.8 Å². The van der Waals surface area contributed by atoms with Crippen molar-refractivity contribution in [3.8, 4) is 0 Å². The summed E-state index contributed by atoms with van der Waals surface area (Å²) in [5.74, 6) is 0. The van der Waals surface area contributed by atoms with Crippen LogP contribution in [0.15, 0.2) is 60.7 Å². The highest BCUT2D eigenvalue weighted by molar-refractivity contribution is 5.68. The molecule has 0 saturated carbocycles. The summed E-state index contributed by atoms with van der Waals surface area (Å²) in [6.07, 6.45) is -0.881. The predicted octanol–water partition coefficient (Wildman–Crippen LogP) is 3.42. The van der Waals surface area contributed by atoms with E-state index in [1.165, 1.54) is 0 Å². The largest absolute Gasteiger partial charge is 0.445 e. The highest BCUT2D eigenvalue weighted by atomic mass is 16.7. The number of amides is 1. The van der Waals surface area contributed by atoms with Crippen LogP contribution in [0.25, 0.3) is 0 Å². The molecule has 1 saturated heterocycles. The molecule has 5 heteroatoms. The van der Waals surface area contributed by atoms with Crippen molar-refractivity contribution in [2.24, 2.45) is 0 Å². The van der Waals surface area contributed by atoms with E-state index >= 15 is 0 Å². The second-order valence-corrected chi connectivity index (χ2v) is 6.11. The van der Waals surface area contributed by atoms with Gasteiger partial charge in [-0.05, 0) is 12.5 Å². The molecule has 0 radical (unpaired) electrons. The van der Waals surface area contributed by atoms with Gasteiger partial charge in [0, 0.05) is 5.56 Å². The number of nitrogens with one attached hydrogen (secondary N) is 1. The zero-order chi connectivity index (χ0) is 16.8. The lowest BCUT2D eigenvalue weighted by molar-refractivity contribution is -0.213. The highest BCUT2D eigenvalue weighted by Crippen LogP contribution is 2.26. The molecule has 2 aromatic rings. The van der Waals surface area contributed by atoms with Gasteiger partial charge in [-0.3, -0.25) is 0 Å². The number of hydrogen-bond donors (Lipinski definition) is 1. The van der Waals surface area contributed by atoms with Crippen LogP contribution >= 0.6 is 0 Å². The lowest BCUT2D eigenvalue weighted by Gasteiger charge is -2.37. The fourth-order valence-corrected chi connectivity index (χ4v) is 2.49. The molecule has 1 heterocycles. The monoisotopic (exact) mass is 327 g/mol. The Morgan fingerprint density at radius 3 is 2.29 bits per heavy atom. The maximum Gasteiger partial charge on any atom is 0.408 e. The van der Waals surface area contributed by atoms with Gasteiger partial charge < -0.3 is 19.5 Å². The van der Waals surface area contributed by atoms with E-state index in [1.54, 1.807) is 0 Å². The molecule has 1 aliphatic heterocycles. The minimum atomic E-state index is -0.612. The van der Waals surface area contributed by atoms with Crippen molar-refractivity contribution in [1.82, 2.24) is 5.32 Å². The summed E-state index contributed by atoms with van der Waals surface area (Å²) in [6.45, 7) is 2.81. The van der Waals surface area contributed by atoms with E-state index in [9.17, 15) is 4.79 Å². The van der Waals surface area contributed by atoms with Crippen LogP contribution in [0.3, 0.4) is 0 Å². The predicted molar refractivity (Wildman–Crippen MR) is 89.3 cm³/mol. The van der Waals surface area contributed by atoms with E-state index in [1.807, 2.05) is 67.6 Å². The van der Waals surface area contributed by atoms with Gasteiger partial charge in [0.25, 0.3) is 0 Å². The maximum absolute atomic E-state index is 12.0. The second-order valence-electron chi connectivity index (χ2n) is 6.11. The Balaban J connectivity index is 1.48. The Hall–Kier alpha value is -2.37. The molecule has 1 amide bonds. The van der Waals surface area contributed by atoms with E-state index in [0.717, 1.165) is 11.1 Å². The minimum Gasteiger partial charge on any atom is -0.445 e. The molecule has 0 bridgehead atoms. The van der Waals surface area contributed by atoms with Crippen molar-refractivity contribution in [1.29, 1.82) is 0 Å². The normalized spacial score (nSPS) is 23.5. The standard InChI is InChI=1S/C19H21NO4/c1-19(20-18(21)22-12-15-8-4-2-5-9-15)13-23-17(24-14-19)16-10-6-3-7-11-16/h2-11,17H,12-14H2,1H3,(H,20,21). The van der Waals surface area contributed by atoms with Crippen molar-refractivity contribution >= 4 is 6.09 Å². The summed E-state index contributed by atoms with van der Waals surface area (Å²) in [6, 6.07) is 19.3. The molecule has 0 spiro atoms. The van der Waals surface area contributed by atoms with E-state index in [-0.39, 0.29) is 6.61 Å². The average molecular weight is 327 g/mol. The van der Waals surface area contributed by atoms with Crippen LogP contribution in [0.2, 0.25) is 0 Å². The molecule has 24 heavy (non-hydrogen) atoms. The first kappa shape index (κ1) is 16.5. The Morgan fingerprint density at radius 1 is 1.08 bits per heavy atom. The molecule has 0 atom stereocenters. The van der Waals surface area contributed by atoms with Gasteiger partial charge in [-0.2, -0.15) is 0 Å². The van der Waals surface area contributed by atoms with Crippen molar-refractivity contribution < 1.29 is 19.0 Å². The Labute approximate surface area is 141 Å². The number of rotatable bonds is 4. The fourth-order valence-electron chi connectivity index (χ4n) is 2.49. The summed E-state index contributed by atoms with van der Waals surface area (Å²) >= 11 is 0. The van der Waals surface area contributed by atoms with Crippen LogP contribution in [0.5, 0.6) is 0 Å². The quantitative estimate of drug-likeness (QED) is 0.935. The SMILES string of the molecule is CC1(NC(=O)OCc2ccccc2)COC(c2ccccc2)OC1.